The van der Waals surface area contributed by atoms with E-state index in [-0.39, 0.29) is 43.2 Å². The van der Waals surface area contributed by atoms with Crippen molar-refractivity contribution in [1.29, 1.82) is 0 Å². The van der Waals surface area contributed by atoms with E-state index >= 15 is 0 Å². The van der Waals surface area contributed by atoms with Gasteiger partial charge in [0.25, 0.3) is 0 Å². The number of hydrogen-bond acceptors (Lipinski definition) is 5. The number of esters is 1. The standard InChI is InChI=1S/C26H34F4O5/c1-17(2)35-25(33)11-6-4-3-5-10-22-21(23(27)15-24(22)32)13-12-19(31)16-34-20-9-7-8-18(14-20)26(28,29)30/h3-4,7-9,12-14,17,19,21-24,31-32H,5-6,10-11,15-16H2,1-2H3/b4-3-,13-12+/t19?,21-,22-,23?,24?/m1/s1. The van der Waals surface area contributed by atoms with Gasteiger partial charge in [-0.2, -0.15) is 13.2 Å². The lowest BCUT2D eigenvalue weighted by Gasteiger charge is -2.20. The third kappa shape index (κ3) is 10.0. The largest absolute Gasteiger partial charge is 0.491 e. The highest BCUT2D eigenvalue weighted by molar-refractivity contribution is 5.69. The van der Waals surface area contributed by atoms with Gasteiger partial charge in [-0.3, -0.25) is 4.79 Å². The van der Waals surface area contributed by atoms with Crippen molar-refractivity contribution in [3.05, 3.63) is 54.1 Å². The minimum atomic E-state index is -4.50. The van der Waals surface area contributed by atoms with Crippen molar-refractivity contribution in [3.8, 4) is 5.75 Å². The lowest BCUT2D eigenvalue weighted by atomic mass is 9.89. The normalized spacial score (nSPS) is 23.9. The number of carbonyl (C=O) groups is 1. The summed E-state index contributed by atoms with van der Waals surface area (Å²) >= 11 is 0. The molecule has 0 radical (unpaired) electrons. The highest BCUT2D eigenvalue weighted by Gasteiger charge is 2.40. The number of halogens is 4. The van der Waals surface area contributed by atoms with E-state index in [1.807, 2.05) is 12.2 Å². The zero-order valence-electron chi connectivity index (χ0n) is 20.0. The molecule has 1 fully saturated rings. The van der Waals surface area contributed by atoms with Gasteiger partial charge in [0.1, 0.15) is 24.6 Å². The summed E-state index contributed by atoms with van der Waals surface area (Å²) in [7, 11) is 0. The minimum absolute atomic E-state index is 0.00125. The van der Waals surface area contributed by atoms with Crippen LogP contribution in [-0.4, -0.2) is 47.3 Å². The molecule has 0 aliphatic heterocycles. The number of aliphatic hydroxyl groups excluding tert-OH is 2. The number of ether oxygens (including phenoxy) is 2. The average molecular weight is 503 g/mol. The Labute approximate surface area is 203 Å². The van der Waals surface area contributed by atoms with Crippen molar-refractivity contribution < 1.29 is 42.0 Å². The van der Waals surface area contributed by atoms with Crippen molar-refractivity contribution in [3.63, 3.8) is 0 Å². The monoisotopic (exact) mass is 502 g/mol. The number of rotatable bonds is 12. The van der Waals surface area contributed by atoms with Gasteiger partial charge in [-0.1, -0.05) is 30.4 Å². The van der Waals surface area contributed by atoms with Crippen molar-refractivity contribution in [1.82, 2.24) is 0 Å². The van der Waals surface area contributed by atoms with Crippen LogP contribution >= 0.6 is 0 Å². The van der Waals surface area contributed by atoms with Crippen molar-refractivity contribution in [2.45, 2.75) is 76.6 Å². The van der Waals surface area contributed by atoms with E-state index in [0.29, 0.717) is 19.3 Å². The predicted octanol–water partition coefficient (Wildman–Crippen LogP) is 5.40. The molecule has 9 heteroatoms. The van der Waals surface area contributed by atoms with Crippen LogP contribution < -0.4 is 4.74 Å². The van der Waals surface area contributed by atoms with E-state index in [4.69, 9.17) is 9.47 Å². The third-order valence-corrected chi connectivity index (χ3v) is 5.73. The number of hydrogen-bond donors (Lipinski definition) is 2. The Balaban J connectivity index is 1.82. The van der Waals surface area contributed by atoms with E-state index in [1.54, 1.807) is 13.8 Å². The van der Waals surface area contributed by atoms with Crippen LogP contribution in [0.2, 0.25) is 0 Å². The van der Waals surface area contributed by atoms with Gasteiger partial charge in [-0.25, -0.2) is 4.39 Å². The summed E-state index contributed by atoms with van der Waals surface area (Å²) in [6.07, 6.45) is 0.663. The second kappa shape index (κ2) is 13.6. The van der Waals surface area contributed by atoms with Crippen LogP contribution in [0.15, 0.2) is 48.6 Å². The van der Waals surface area contributed by atoms with E-state index < -0.39 is 36.0 Å². The summed E-state index contributed by atoms with van der Waals surface area (Å²) in [5.41, 5.74) is -0.854. The molecule has 1 aliphatic rings. The van der Waals surface area contributed by atoms with Gasteiger partial charge in [-0.05, 0) is 57.2 Å². The summed E-state index contributed by atoms with van der Waals surface area (Å²) in [6, 6.07) is 4.34. The SMILES string of the molecule is CC(C)OC(=O)CC/C=C\CC[C@H]1C(O)CC(F)[C@@H]1/C=C/C(O)COc1cccc(C(F)(F)F)c1. The molecular weight excluding hydrogens is 468 g/mol. The maximum Gasteiger partial charge on any atom is 0.416 e. The summed E-state index contributed by atoms with van der Waals surface area (Å²) in [5, 5.41) is 20.4. The van der Waals surface area contributed by atoms with Crippen LogP contribution in [0.4, 0.5) is 17.6 Å². The summed E-state index contributed by atoms with van der Waals surface area (Å²) in [4.78, 5) is 11.5. The summed E-state index contributed by atoms with van der Waals surface area (Å²) in [5.74, 6) is -1.23. The summed E-state index contributed by atoms with van der Waals surface area (Å²) in [6.45, 7) is 3.27. The first-order chi connectivity index (χ1) is 16.5. The average Bonchev–Trinajstić information content (AvgIpc) is 3.04. The number of aliphatic hydroxyl groups is 2. The Morgan fingerprint density at radius 2 is 1.94 bits per heavy atom. The molecule has 5 nitrogen and oxygen atoms in total. The third-order valence-electron chi connectivity index (χ3n) is 5.73. The number of benzene rings is 1. The van der Waals surface area contributed by atoms with E-state index in [0.717, 1.165) is 12.1 Å². The molecule has 2 N–H and O–H groups in total. The fourth-order valence-electron chi connectivity index (χ4n) is 4.04. The number of carbonyl (C=O) groups excluding carboxylic acids is 1. The van der Waals surface area contributed by atoms with E-state index in [9.17, 15) is 32.6 Å². The molecule has 196 valence electrons. The molecule has 1 saturated carbocycles. The topological polar surface area (TPSA) is 76.0 Å². The predicted molar refractivity (Wildman–Crippen MR) is 123 cm³/mol. The van der Waals surface area contributed by atoms with Crippen LogP contribution in [0, 0.1) is 11.8 Å². The second-order valence-corrected chi connectivity index (χ2v) is 8.98. The molecule has 1 aromatic carbocycles. The summed E-state index contributed by atoms with van der Waals surface area (Å²) < 4.78 is 63.2. The highest BCUT2D eigenvalue weighted by Crippen LogP contribution is 2.38. The second-order valence-electron chi connectivity index (χ2n) is 8.98. The first-order valence-electron chi connectivity index (χ1n) is 11.8. The van der Waals surface area contributed by atoms with Gasteiger partial charge >= 0.3 is 12.1 Å². The molecule has 0 spiro atoms. The maximum absolute atomic E-state index is 14.5. The molecule has 35 heavy (non-hydrogen) atoms. The molecule has 0 amide bonds. The molecule has 0 heterocycles. The molecule has 3 unspecified atom stereocenters. The Hall–Kier alpha value is -2.39. The van der Waals surface area contributed by atoms with Gasteiger partial charge in [0.15, 0.2) is 0 Å². The van der Waals surface area contributed by atoms with Gasteiger partial charge in [0.2, 0.25) is 0 Å². The molecule has 1 aliphatic carbocycles. The zero-order chi connectivity index (χ0) is 26.0. The molecule has 5 atom stereocenters. The molecule has 0 aromatic heterocycles. The minimum Gasteiger partial charge on any atom is -0.491 e. The van der Waals surface area contributed by atoms with Gasteiger partial charge < -0.3 is 19.7 Å². The Kier molecular flexibility index (Phi) is 11.2. The van der Waals surface area contributed by atoms with Gasteiger partial charge in [0.05, 0.1) is 17.8 Å². The quantitative estimate of drug-likeness (QED) is 0.227. The van der Waals surface area contributed by atoms with Crippen LogP contribution in [-0.2, 0) is 15.7 Å². The molecule has 0 bridgehead atoms. The van der Waals surface area contributed by atoms with Gasteiger partial charge in [-0.15, -0.1) is 0 Å². The number of alkyl halides is 4. The van der Waals surface area contributed by atoms with Crippen molar-refractivity contribution in [2.75, 3.05) is 6.61 Å². The first-order valence-corrected chi connectivity index (χ1v) is 11.8. The van der Waals surface area contributed by atoms with Crippen LogP contribution in [0.5, 0.6) is 5.75 Å². The van der Waals surface area contributed by atoms with Crippen LogP contribution in [0.3, 0.4) is 0 Å². The Bertz CT molecular complexity index is 852. The smallest absolute Gasteiger partial charge is 0.416 e. The Morgan fingerprint density at radius 3 is 2.63 bits per heavy atom. The maximum atomic E-state index is 14.5. The van der Waals surface area contributed by atoms with Gasteiger partial charge in [0, 0.05) is 18.8 Å². The zero-order valence-corrected chi connectivity index (χ0v) is 20.0. The molecular formula is C26H34F4O5. The fraction of sp³-hybridized carbons (Fsp3) is 0.577. The fourth-order valence-corrected chi connectivity index (χ4v) is 4.04. The van der Waals surface area contributed by atoms with Crippen LogP contribution in [0.1, 0.15) is 51.5 Å². The first kappa shape index (κ1) is 28.8. The van der Waals surface area contributed by atoms with Crippen molar-refractivity contribution >= 4 is 5.97 Å². The van der Waals surface area contributed by atoms with Crippen molar-refractivity contribution in [2.24, 2.45) is 11.8 Å². The lowest BCUT2D eigenvalue weighted by molar-refractivity contribution is -0.147. The molecule has 1 aromatic rings. The lowest BCUT2D eigenvalue weighted by Crippen LogP contribution is -2.21. The molecule has 0 saturated heterocycles. The molecule has 2 rings (SSSR count). The number of allylic oxidation sites excluding steroid dienone is 3. The van der Waals surface area contributed by atoms with E-state index in [2.05, 4.69) is 0 Å². The van der Waals surface area contributed by atoms with Crippen LogP contribution in [0.25, 0.3) is 0 Å². The van der Waals surface area contributed by atoms with E-state index in [1.165, 1.54) is 24.3 Å². The highest BCUT2D eigenvalue weighted by atomic mass is 19.4. The Morgan fingerprint density at radius 1 is 1.23 bits per heavy atom.